The number of fused-ring (bicyclic) bond motifs is 1. The molecule has 19 heavy (non-hydrogen) atoms. The van der Waals surface area contributed by atoms with Crippen LogP contribution in [0.2, 0.25) is 5.15 Å². The van der Waals surface area contributed by atoms with Gasteiger partial charge in [-0.2, -0.15) is 0 Å². The lowest BCUT2D eigenvalue weighted by Gasteiger charge is -2.05. The summed E-state index contributed by atoms with van der Waals surface area (Å²) in [5.74, 6) is 0.885. The predicted molar refractivity (Wildman–Crippen MR) is 74.9 cm³/mol. The molecular formula is C13H14ClN5. The van der Waals surface area contributed by atoms with Crippen LogP contribution in [0.3, 0.4) is 0 Å². The summed E-state index contributed by atoms with van der Waals surface area (Å²) < 4.78 is 3.91. The van der Waals surface area contributed by atoms with Gasteiger partial charge in [0.25, 0.3) is 0 Å². The Morgan fingerprint density at radius 2 is 2.21 bits per heavy atom. The molecule has 0 amide bonds. The van der Waals surface area contributed by atoms with E-state index in [-0.39, 0.29) is 0 Å². The molecule has 3 heterocycles. The van der Waals surface area contributed by atoms with E-state index in [1.807, 2.05) is 29.9 Å². The molecule has 0 spiro atoms. The van der Waals surface area contributed by atoms with Crippen molar-refractivity contribution in [1.82, 2.24) is 19.1 Å². The van der Waals surface area contributed by atoms with Gasteiger partial charge in [0, 0.05) is 31.4 Å². The Hall–Kier alpha value is -1.85. The zero-order valence-corrected chi connectivity index (χ0v) is 11.3. The van der Waals surface area contributed by atoms with Crippen molar-refractivity contribution in [2.75, 3.05) is 0 Å². The van der Waals surface area contributed by atoms with E-state index in [9.17, 15) is 0 Å². The van der Waals surface area contributed by atoms with Gasteiger partial charge in [0.2, 0.25) is 0 Å². The summed E-state index contributed by atoms with van der Waals surface area (Å²) in [7, 11) is 1.90. The Labute approximate surface area is 115 Å². The van der Waals surface area contributed by atoms with Crippen molar-refractivity contribution in [3.63, 3.8) is 0 Å². The molecule has 5 nitrogen and oxygen atoms in total. The lowest BCUT2D eigenvalue weighted by atomic mass is 10.2. The van der Waals surface area contributed by atoms with Gasteiger partial charge in [0.1, 0.15) is 16.6 Å². The maximum atomic E-state index is 6.00. The van der Waals surface area contributed by atoms with Gasteiger partial charge in [-0.3, -0.25) is 0 Å². The van der Waals surface area contributed by atoms with Gasteiger partial charge in [-0.05, 0) is 17.7 Å². The zero-order valence-electron chi connectivity index (χ0n) is 10.5. The SMILES string of the molecule is Cn1c(Cl)cnc1Cn1cc(CN)c2cccnc21. The van der Waals surface area contributed by atoms with Gasteiger partial charge in [0.05, 0.1) is 12.7 Å². The maximum absolute atomic E-state index is 6.00. The normalized spacial score (nSPS) is 11.3. The van der Waals surface area contributed by atoms with Gasteiger partial charge < -0.3 is 14.9 Å². The minimum Gasteiger partial charge on any atom is -0.326 e. The maximum Gasteiger partial charge on any atom is 0.140 e. The molecule has 3 rings (SSSR count). The van der Waals surface area contributed by atoms with Crippen LogP contribution in [0.5, 0.6) is 0 Å². The molecule has 0 saturated heterocycles. The van der Waals surface area contributed by atoms with Crippen LogP contribution in [-0.4, -0.2) is 19.1 Å². The van der Waals surface area contributed by atoms with Gasteiger partial charge >= 0.3 is 0 Å². The molecule has 2 N–H and O–H groups in total. The summed E-state index contributed by atoms with van der Waals surface area (Å²) in [6, 6.07) is 3.95. The van der Waals surface area contributed by atoms with Crippen LogP contribution < -0.4 is 5.73 Å². The lowest BCUT2D eigenvalue weighted by molar-refractivity contribution is 0.712. The second-order valence-electron chi connectivity index (χ2n) is 4.42. The van der Waals surface area contributed by atoms with E-state index in [2.05, 4.69) is 14.5 Å². The number of aromatic nitrogens is 4. The highest BCUT2D eigenvalue weighted by Gasteiger charge is 2.11. The summed E-state index contributed by atoms with van der Waals surface area (Å²) in [6.45, 7) is 1.12. The second kappa shape index (κ2) is 4.68. The van der Waals surface area contributed by atoms with Crippen LogP contribution in [0.1, 0.15) is 11.4 Å². The van der Waals surface area contributed by atoms with E-state index in [4.69, 9.17) is 17.3 Å². The fourth-order valence-electron chi connectivity index (χ4n) is 2.20. The third kappa shape index (κ3) is 2.01. The highest BCUT2D eigenvalue weighted by molar-refractivity contribution is 6.29. The van der Waals surface area contributed by atoms with Crippen molar-refractivity contribution in [1.29, 1.82) is 0 Å². The minimum atomic E-state index is 0.497. The summed E-state index contributed by atoms with van der Waals surface area (Å²) in [5, 5.41) is 1.71. The molecule has 0 saturated carbocycles. The highest BCUT2D eigenvalue weighted by atomic mass is 35.5. The molecule has 3 aromatic rings. The molecular weight excluding hydrogens is 262 g/mol. The fourth-order valence-corrected chi connectivity index (χ4v) is 2.35. The molecule has 0 bridgehead atoms. The van der Waals surface area contributed by atoms with Crippen LogP contribution in [-0.2, 0) is 20.1 Å². The Bertz CT molecular complexity index is 728. The van der Waals surface area contributed by atoms with Gasteiger partial charge in [-0.15, -0.1) is 0 Å². The fraction of sp³-hybridized carbons (Fsp3) is 0.231. The number of hydrogen-bond donors (Lipinski definition) is 1. The first-order valence-corrected chi connectivity index (χ1v) is 6.37. The molecule has 0 radical (unpaired) electrons. The number of rotatable bonds is 3. The molecule has 0 unspecified atom stereocenters. The number of imidazole rings is 1. The Morgan fingerprint density at radius 1 is 1.37 bits per heavy atom. The molecule has 6 heteroatoms. The van der Waals surface area contributed by atoms with E-state index in [0.29, 0.717) is 18.2 Å². The minimum absolute atomic E-state index is 0.497. The average Bonchev–Trinajstić information content (AvgIpc) is 2.95. The number of nitrogens with two attached hydrogens (primary N) is 1. The van der Waals surface area contributed by atoms with Crippen LogP contribution in [0, 0.1) is 0 Å². The van der Waals surface area contributed by atoms with Crippen LogP contribution in [0.4, 0.5) is 0 Å². The molecule has 0 aromatic carbocycles. The zero-order chi connectivity index (χ0) is 13.4. The summed E-state index contributed by atoms with van der Waals surface area (Å²) in [6.07, 6.45) is 5.46. The first-order chi connectivity index (χ1) is 9.20. The summed E-state index contributed by atoms with van der Waals surface area (Å²) in [4.78, 5) is 8.72. The molecule has 0 aliphatic rings. The lowest BCUT2D eigenvalue weighted by Crippen LogP contribution is -2.06. The topological polar surface area (TPSA) is 61.7 Å². The first kappa shape index (κ1) is 12.2. The summed E-state index contributed by atoms with van der Waals surface area (Å²) in [5.41, 5.74) is 7.78. The van der Waals surface area contributed by atoms with Crippen LogP contribution in [0.15, 0.2) is 30.7 Å². The van der Waals surface area contributed by atoms with Crippen molar-refractivity contribution in [3.8, 4) is 0 Å². The largest absolute Gasteiger partial charge is 0.326 e. The third-order valence-corrected chi connectivity index (χ3v) is 3.63. The first-order valence-electron chi connectivity index (χ1n) is 5.99. The Balaban J connectivity index is 2.08. The molecule has 3 aromatic heterocycles. The Morgan fingerprint density at radius 3 is 2.89 bits per heavy atom. The number of hydrogen-bond acceptors (Lipinski definition) is 3. The monoisotopic (exact) mass is 275 g/mol. The molecule has 0 aliphatic heterocycles. The molecule has 0 aliphatic carbocycles. The van der Waals surface area contributed by atoms with Crippen molar-refractivity contribution in [2.45, 2.75) is 13.1 Å². The number of halogens is 1. The average molecular weight is 276 g/mol. The van der Waals surface area contributed by atoms with Gasteiger partial charge in [-0.1, -0.05) is 11.6 Å². The van der Waals surface area contributed by atoms with Crippen LogP contribution in [0.25, 0.3) is 11.0 Å². The van der Waals surface area contributed by atoms with Crippen molar-refractivity contribution >= 4 is 22.6 Å². The van der Waals surface area contributed by atoms with Crippen molar-refractivity contribution in [3.05, 3.63) is 47.3 Å². The van der Waals surface area contributed by atoms with Gasteiger partial charge in [0.15, 0.2) is 0 Å². The van der Waals surface area contributed by atoms with Gasteiger partial charge in [-0.25, -0.2) is 9.97 Å². The standard InChI is InChI=1S/C13H14ClN5/c1-18-11(14)6-17-12(18)8-19-7-9(5-15)10-3-2-4-16-13(10)19/h2-4,6-7H,5,8,15H2,1H3. The van der Waals surface area contributed by atoms with E-state index < -0.39 is 0 Å². The van der Waals surface area contributed by atoms with E-state index >= 15 is 0 Å². The van der Waals surface area contributed by atoms with E-state index in [0.717, 1.165) is 22.4 Å². The van der Waals surface area contributed by atoms with Crippen LogP contribution >= 0.6 is 11.6 Å². The van der Waals surface area contributed by atoms with Crippen molar-refractivity contribution in [2.24, 2.45) is 12.8 Å². The molecule has 98 valence electrons. The molecule has 0 atom stereocenters. The van der Waals surface area contributed by atoms with E-state index in [1.165, 1.54) is 0 Å². The second-order valence-corrected chi connectivity index (χ2v) is 4.80. The molecule has 0 fully saturated rings. The smallest absolute Gasteiger partial charge is 0.140 e. The quantitative estimate of drug-likeness (QED) is 0.794. The summed E-state index contributed by atoms with van der Waals surface area (Å²) >= 11 is 6.00. The Kier molecular flexibility index (Phi) is 3.00. The number of nitrogens with zero attached hydrogens (tertiary/aromatic N) is 4. The number of pyridine rings is 1. The third-order valence-electron chi connectivity index (χ3n) is 3.28. The predicted octanol–water partition coefficient (Wildman–Crippen LogP) is 1.93. The van der Waals surface area contributed by atoms with E-state index in [1.54, 1.807) is 12.4 Å². The highest BCUT2D eigenvalue weighted by Crippen LogP contribution is 2.20. The van der Waals surface area contributed by atoms with Crippen molar-refractivity contribution < 1.29 is 0 Å².